The number of likely N-dealkylation sites (tertiary alicyclic amines) is 1. The summed E-state index contributed by atoms with van der Waals surface area (Å²) in [7, 11) is 0. The lowest BCUT2D eigenvalue weighted by Gasteiger charge is -2.36. The van der Waals surface area contributed by atoms with Gasteiger partial charge in [-0.15, -0.1) is 0 Å². The fourth-order valence-electron chi connectivity index (χ4n) is 3.57. The summed E-state index contributed by atoms with van der Waals surface area (Å²) in [5.41, 5.74) is 0. The fraction of sp³-hybridized carbons (Fsp3) is 0.941. The molecule has 0 bridgehead atoms. The molecule has 1 aliphatic carbocycles. The van der Waals surface area contributed by atoms with E-state index < -0.39 is 0 Å². The van der Waals surface area contributed by atoms with Crippen LogP contribution in [0.5, 0.6) is 0 Å². The van der Waals surface area contributed by atoms with Crippen molar-refractivity contribution in [3.8, 4) is 0 Å². The van der Waals surface area contributed by atoms with Gasteiger partial charge in [0.25, 0.3) is 0 Å². The van der Waals surface area contributed by atoms with E-state index in [1.807, 2.05) is 0 Å². The van der Waals surface area contributed by atoms with Crippen molar-refractivity contribution in [1.82, 2.24) is 15.5 Å². The summed E-state index contributed by atoms with van der Waals surface area (Å²) in [6.07, 6.45) is 9.74. The highest BCUT2D eigenvalue weighted by Gasteiger charge is 2.27. The third-order valence-electron chi connectivity index (χ3n) is 5.09. The van der Waals surface area contributed by atoms with Crippen LogP contribution in [0.1, 0.15) is 65.2 Å². The highest BCUT2D eigenvalue weighted by Crippen LogP contribution is 2.18. The zero-order chi connectivity index (χ0) is 15.1. The van der Waals surface area contributed by atoms with Crippen molar-refractivity contribution in [1.29, 1.82) is 0 Å². The zero-order valence-electron chi connectivity index (χ0n) is 13.9. The maximum atomic E-state index is 12.4. The van der Waals surface area contributed by atoms with Crippen LogP contribution in [-0.4, -0.2) is 48.6 Å². The van der Waals surface area contributed by atoms with Gasteiger partial charge in [-0.25, -0.2) is 0 Å². The van der Waals surface area contributed by atoms with Gasteiger partial charge in [0.2, 0.25) is 5.91 Å². The van der Waals surface area contributed by atoms with Gasteiger partial charge in [0.1, 0.15) is 0 Å². The molecule has 0 spiro atoms. The van der Waals surface area contributed by atoms with Gasteiger partial charge in [-0.1, -0.05) is 26.2 Å². The van der Waals surface area contributed by atoms with E-state index >= 15 is 0 Å². The van der Waals surface area contributed by atoms with Crippen LogP contribution in [0.25, 0.3) is 0 Å². The number of rotatable bonds is 6. The van der Waals surface area contributed by atoms with E-state index in [0.29, 0.717) is 12.1 Å². The van der Waals surface area contributed by atoms with Gasteiger partial charge in [-0.2, -0.15) is 0 Å². The molecule has 2 N–H and O–H groups in total. The Bertz CT molecular complexity index is 307. The molecule has 21 heavy (non-hydrogen) atoms. The summed E-state index contributed by atoms with van der Waals surface area (Å²) < 4.78 is 0. The third kappa shape index (κ3) is 5.26. The molecule has 1 aliphatic heterocycles. The molecule has 0 aromatic rings. The number of carbonyl (C=O) groups excluding carboxylic acids is 1. The Morgan fingerprint density at radius 3 is 2.38 bits per heavy atom. The van der Waals surface area contributed by atoms with Crippen LogP contribution >= 0.6 is 0 Å². The van der Waals surface area contributed by atoms with E-state index in [0.717, 1.165) is 19.6 Å². The maximum absolute atomic E-state index is 12.4. The lowest BCUT2D eigenvalue weighted by molar-refractivity contribution is -0.127. The van der Waals surface area contributed by atoms with Crippen molar-refractivity contribution in [2.75, 3.05) is 19.6 Å². The van der Waals surface area contributed by atoms with Crippen LogP contribution < -0.4 is 10.6 Å². The molecule has 0 aromatic heterocycles. The first-order valence-electron chi connectivity index (χ1n) is 8.98. The van der Waals surface area contributed by atoms with E-state index in [4.69, 9.17) is 0 Å². The second-order valence-corrected chi connectivity index (χ2v) is 6.78. The van der Waals surface area contributed by atoms with Crippen LogP contribution in [0.2, 0.25) is 0 Å². The molecule has 1 unspecified atom stereocenters. The Morgan fingerprint density at radius 1 is 1.10 bits per heavy atom. The van der Waals surface area contributed by atoms with Gasteiger partial charge in [0.05, 0.1) is 6.04 Å². The average molecular weight is 295 g/mol. The van der Waals surface area contributed by atoms with Crippen LogP contribution in [0.4, 0.5) is 0 Å². The Labute approximate surface area is 130 Å². The molecule has 2 fully saturated rings. The molecule has 1 atom stereocenters. The number of carbonyl (C=O) groups is 1. The van der Waals surface area contributed by atoms with Crippen molar-refractivity contribution < 1.29 is 4.79 Å². The van der Waals surface area contributed by atoms with Crippen LogP contribution in [-0.2, 0) is 4.79 Å². The minimum Gasteiger partial charge on any atom is -0.352 e. The van der Waals surface area contributed by atoms with Crippen molar-refractivity contribution in [3.63, 3.8) is 0 Å². The summed E-state index contributed by atoms with van der Waals surface area (Å²) in [6.45, 7) is 7.47. The molecule has 0 radical (unpaired) electrons. The molecule has 1 saturated carbocycles. The summed E-state index contributed by atoms with van der Waals surface area (Å²) in [5, 5.41) is 6.86. The van der Waals surface area contributed by atoms with Gasteiger partial charge >= 0.3 is 0 Å². The van der Waals surface area contributed by atoms with Crippen molar-refractivity contribution in [2.45, 2.75) is 83.3 Å². The molecule has 0 aromatic carbocycles. The summed E-state index contributed by atoms with van der Waals surface area (Å²) in [4.78, 5) is 14.7. The topological polar surface area (TPSA) is 44.4 Å². The summed E-state index contributed by atoms with van der Waals surface area (Å²) >= 11 is 0. The number of hydrogen-bond acceptors (Lipinski definition) is 3. The van der Waals surface area contributed by atoms with Crippen LogP contribution in [0, 0.1) is 0 Å². The smallest absolute Gasteiger partial charge is 0.237 e. The molecule has 4 nitrogen and oxygen atoms in total. The SMILES string of the molecule is CCCNC1CCN(C(C)C(=O)NC2CCCCC2)CC1. The van der Waals surface area contributed by atoms with Gasteiger partial charge < -0.3 is 10.6 Å². The first-order valence-corrected chi connectivity index (χ1v) is 8.98. The minimum atomic E-state index is 0.0269. The van der Waals surface area contributed by atoms with Gasteiger partial charge in [0, 0.05) is 25.2 Å². The second-order valence-electron chi connectivity index (χ2n) is 6.78. The maximum Gasteiger partial charge on any atom is 0.237 e. The van der Waals surface area contributed by atoms with E-state index in [9.17, 15) is 4.79 Å². The zero-order valence-corrected chi connectivity index (χ0v) is 13.9. The van der Waals surface area contributed by atoms with E-state index in [1.54, 1.807) is 0 Å². The number of hydrogen-bond donors (Lipinski definition) is 2. The van der Waals surface area contributed by atoms with E-state index in [-0.39, 0.29) is 11.9 Å². The number of nitrogens with zero attached hydrogens (tertiary/aromatic N) is 1. The molecule has 1 heterocycles. The average Bonchev–Trinajstić information content (AvgIpc) is 2.53. The van der Waals surface area contributed by atoms with Gasteiger partial charge in [0.15, 0.2) is 0 Å². The lowest BCUT2D eigenvalue weighted by Crippen LogP contribution is -2.52. The Morgan fingerprint density at radius 2 is 1.76 bits per heavy atom. The normalized spacial score (nSPS) is 23.9. The Kier molecular flexibility index (Phi) is 6.97. The molecule has 2 aliphatic rings. The molecule has 122 valence electrons. The largest absolute Gasteiger partial charge is 0.352 e. The fourth-order valence-corrected chi connectivity index (χ4v) is 3.57. The first kappa shape index (κ1) is 16.8. The van der Waals surface area contributed by atoms with Crippen LogP contribution in [0.15, 0.2) is 0 Å². The first-order chi connectivity index (χ1) is 10.2. The van der Waals surface area contributed by atoms with E-state index in [2.05, 4.69) is 29.4 Å². The van der Waals surface area contributed by atoms with Crippen molar-refractivity contribution >= 4 is 5.91 Å². The highest BCUT2D eigenvalue weighted by atomic mass is 16.2. The quantitative estimate of drug-likeness (QED) is 0.790. The van der Waals surface area contributed by atoms with E-state index in [1.165, 1.54) is 51.4 Å². The third-order valence-corrected chi connectivity index (χ3v) is 5.09. The number of piperidine rings is 1. The van der Waals surface area contributed by atoms with Crippen molar-refractivity contribution in [2.24, 2.45) is 0 Å². The van der Waals surface area contributed by atoms with Gasteiger partial charge in [-0.3, -0.25) is 9.69 Å². The molecular formula is C17H33N3O. The summed E-state index contributed by atoms with van der Waals surface area (Å²) in [6, 6.07) is 1.10. The molecule has 1 saturated heterocycles. The predicted octanol–water partition coefficient (Wildman–Crippen LogP) is 2.29. The predicted molar refractivity (Wildman–Crippen MR) is 87.4 cm³/mol. The molecule has 2 rings (SSSR count). The summed E-state index contributed by atoms with van der Waals surface area (Å²) in [5.74, 6) is 0.238. The van der Waals surface area contributed by atoms with Gasteiger partial charge in [-0.05, 0) is 45.6 Å². The number of amides is 1. The molecule has 1 amide bonds. The van der Waals surface area contributed by atoms with Crippen LogP contribution in [0.3, 0.4) is 0 Å². The molecular weight excluding hydrogens is 262 g/mol. The highest BCUT2D eigenvalue weighted by molar-refractivity contribution is 5.81. The number of nitrogens with one attached hydrogen (secondary N) is 2. The monoisotopic (exact) mass is 295 g/mol. The minimum absolute atomic E-state index is 0.0269. The van der Waals surface area contributed by atoms with Crippen molar-refractivity contribution in [3.05, 3.63) is 0 Å². The molecule has 4 heteroatoms. The Hall–Kier alpha value is -0.610. The standard InChI is InChI=1S/C17H33N3O/c1-3-11-18-15-9-12-20(13-10-15)14(2)17(21)19-16-7-5-4-6-8-16/h14-16,18H,3-13H2,1-2H3,(H,19,21). The Balaban J connectivity index is 1.70. The lowest BCUT2D eigenvalue weighted by atomic mass is 9.95. The second kappa shape index (κ2) is 8.74.